The smallest absolute Gasteiger partial charge is 0.319 e. The van der Waals surface area contributed by atoms with E-state index in [9.17, 15) is 4.79 Å². The summed E-state index contributed by atoms with van der Waals surface area (Å²) in [6, 6.07) is 1.91. The number of carbonyl (C=O) groups is 1. The fourth-order valence-electron chi connectivity index (χ4n) is 1.68. The molecule has 0 fully saturated rings. The molecule has 1 heterocycles. The van der Waals surface area contributed by atoms with E-state index < -0.39 is 0 Å². The summed E-state index contributed by atoms with van der Waals surface area (Å²) in [7, 11) is 0. The molecule has 0 saturated heterocycles. The molecule has 2 N–H and O–H groups in total. The highest BCUT2D eigenvalue weighted by molar-refractivity contribution is 5.90. The lowest BCUT2D eigenvalue weighted by Crippen LogP contribution is -2.37. The van der Waals surface area contributed by atoms with E-state index in [4.69, 9.17) is 0 Å². The molecule has 0 saturated carbocycles. The van der Waals surface area contributed by atoms with Crippen LogP contribution in [0.5, 0.6) is 0 Å². The first-order valence-corrected chi connectivity index (χ1v) is 6.15. The fourth-order valence-corrected chi connectivity index (χ4v) is 1.68. The van der Waals surface area contributed by atoms with Crippen LogP contribution < -0.4 is 10.6 Å². The van der Waals surface area contributed by atoms with Crippen LogP contribution in [0.25, 0.3) is 0 Å². The highest BCUT2D eigenvalue weighted by atomic mass is 16.2. The molecule has 17 heavy (non-hydrogen) atoms. The average Bonchev–Trinajstić information content (AvgIpc) is 2.31. The highest BCUT2D eigenvalue weighted by Gasteiger charge is 2.09. The van der Waals surface area contributed by atoms with Crippen LogP contribution in [-0.4, -0.2) is 17.1 Å². The fraction of sp³-hybridized carbons (Fsp3) is 0.538. The molecule has 0 aromatic carbocycles. The molecule has 1 atom stereocenters. The van der Waals surface area contributed by atoms with Gasteiger partial charge in [0.1, 0.15) is 0 Å². The number of aryl methyl sites for hydroxylation is 1. The van der Waals surface area contributed by atoms with Gasteiger partial charge in [-0.25, -0.2) is 4.79 Å². The van der Waals surface area contributed by atoms with Crippen molar-refractivity contribution in [3.8, 4) is 0 Å². The number of carbonyl (C=O) groups excluding carboxylic acids is 1. The van der Waals surface area contributed by atoms with Gasteiger partial charge in [0, 0.05) is 24.1 Å². The lowest BCUT2D eigenvalue weighted by molar-refractivity contribution is 0.247. The number of amides is 2. The van der Waals surface area contributed by atoms with Crippen molar-refractivity contribution in [3.63, 3.8) is 0 Å². The SMILES string of the molecule is CCC[C@@H](CC)NC(=O)Nc1ccncc1C. The lowest BCUT2D eigenvalue weighted by Gasteiger charge is -2.17. The van der Waals surface area contributed by atoms with E-state index in [-0.39, 0.29) is 12.1 Å². The summed E-state index contributed by atoms with van der Waals surface area (Å²) < 4.78 is 0. The minimum absolute atomic E-state index is 0.139. The number of urea groups is 1. The molecule has 1 aromatic heterocycles. The van der Waals surface area contributed by atoms with Crippen LogP contribution in [0.15, 0.2) is 18.5 Å². The van der Waals surface area contributed by atoms with Crippen LogP contribution in [0.1, 0.15) is 38.7 Å². The van der Waals surface area contributed by atoms with Gasteiger partial charge in [0.15, 0.2) is 0 Å². The van der Waals surface area contributed by atoms with Crippen LogP contribution in [-0.2, 0) is 0 Å². The number of aromatic nitrogens is 1. The maximum atomic E-state index is 11.8. The molecule has 1 rings (SSSR count). The normalized spacial score (nSPS) is 11.9. The second kappa shape index (κ2) is 6.89. The van der Waals surface area contributed by atoms with Crippen LogP contribution in [0.2, 0.25) is 0 Å². The van der Waals surface area contributed by atoms with Crippen molar-refractivity contribution in [1.82, 2.24) is 10.3 Å². The van der Waals surface area contributed by atoms with Crippen LogP contribution >= 0.6 is 0 Å². The molecular formula is C13H21N3O. The van der Waals surface area contributed by atoms with Crippen molar-refractivity contribution < 1.29 is 4.79 Å². The quantitative estimate of drug-likeness (QED) is 0.824. The van der Waals surface area contributed by atoms with Crippen molar-refractivity contribution in [2.45, 2.75) is 46.1 Å². The largest absolute Gasteiger partial charge is 0.335 e. The third kappa shape index (κ3) is 4.43. The Bertz CT molecular complexity index is 365. The average molecular weight is 235 g/mol. The second-order valence-corrected chi connectivity index (χ2v) is 4.18. The molecule has 4 heteroatoms. The van der Waals surface area contributed by atoms with Crippen molar-refractivity contribution >= 4 is 11.7 Å². The molecule has 0 aliphatic heterocycles. The molecule has 0 aliphatic carbocycles. The van der Waals surface area contributed by atoms with E-state index in [1.807, 2.05) is 6.92 Å². The first-order chi connectivity index (χ1) is 8.17. The maximum Gasteiger partial charge on any atom is 0.319 e. The zero-order valence-corrected chi connectivity index (χ0v) is 10.8. The minimum atomic E-state index is -0.139. The molecule has 0 spiro atoms. The summed E-state index contributed by atoms with van der Waals surface area (Å²) in [5.41, 5.74) is 1.77. The van der Waals surface area contributed by atoms with E-state index in [0.717, 1.165) is 30.5 Å². The summed E-state index contributed by atoms with van der Waals surface area (Å²) in [5, 5.41) is 5.82. The maximum absolute atomic E-state index is 11.8. The Morgan fingerprint density at radius 2 is 2.24 bits per heavy atom. The molecule has 4 nitrogen and oxygen atoms in total. The molecule has 0 aliphatic rings. The van der Waals surface area contributed by atoms with E-state index >= 15 is 0 Å². The first kappa shape index (κ1) is 13.5. The lowest BCUT2D eigenvalue weighted by atomic mass is 10.1. The molecular weight excluding hydrogens is 214 g/mol. The van der Waals surface area contributed by atoms with Crippen molar-refractivity contribution in [2.24, 2.45) is 0 Å². The van der Waals surface area contributed by atoms with Crippen LogP contribution in [0, 0.1) is 6.92 Å². The van der Waals surface area contributed by atoms with E-state index in [0.29, 0.717) is 0 Å². The second-order valence-electron chi connectivity index (χ2n) is 4.18. The summed E-state index contributed by atoms with van der Waals surface area (Å²) in [6.07, 6.45) is 6.45. The molecule has 2 amide bonds. The zero-order chi connectivity index (χ0) is 12.7. The van der Waals surface area contributed by atoms with Gasteiger partial charge in [-0.15, -0.1) is 0 Å². The van der Waals surface area contributed by atoms with Gasteiger partial charge in [-0.1, -0.05) is 20.3 Å². The van der Waals surface area contributed by atoms with Gasteiger partial charge in [-0.2, -0.15) is 0 Å². The van der Waals surface area contributed by atoms with E-state index in [2.05, 4.69) is 29.5 Å². The molecule has 0 unspecified atom stereocenters. The molecule has 0 radical (unpaired) electrons. The van der Waals surface area contributed by atoms with Crippen molar-refractivity contribution in [1.29, 1.82) is 0 Å². The Labute approximate surface area is 103 Å². The molecule has 1 aromatic rings. The first-order valence-electron chi connectivity index (χ1n) is 6.15. The number of hydrogen-bond donors (Lipinski definition) is 2. The van der Waals surface area contributed by atoms with Gasteiger partial charge in [0.05, 0.1) is 0 Å². The Morgan fingerprint density at radius 3 is 2.82 bits per heavy atom. The molecule has 0 bridgehead atoms. The van der Waals surface area contributed by atoms with Crippen LogP contribution in [0.4, 0.5) is 10.5 Å². The number of anilines is 1. The van der Waals surface area contributed by atoms with Gasteiger partial charge >= 0.3 is 6.03 Å². The summed E-state index contributed by atoms with van der Waals surface area (Å²) in [5.74, 6) is 0. The van der Waals surface area contributed by atoms with Crippen molar-refractivity contribution in [3.05, 3.63) is 24.0 Å². The predicted molar refractivity (Wildman–Crippen MR) is 70.1 cm³/mol. The minimum Gasteiger partial charge on any atom is -0.335 e. The van der Waals surface area contributed by atoms with E-state index in [1.54, 1.807) is 18.5 Å². The van der Waals surface area contributed by atoms with Gasteiger partial charge in [-0.3, -0.25) is 4.98 Å². The Morgan fingerprint density at radius 1 is 1.47 bits per heavy atom. The van der Waals surface area contributed by atoms with Crippen molar-refractivity contribution in [2.75, 3.05) is 5.32 Å². The Kier molecular flexibility index (Phi) is 5.46. The Hall–Kier alpha value is -1.58. The Balaban J connectivity index is 2.52. The third-order valence-corrected chi connectivity index (χ3v) is 2.73. The summed E-state index contributed by atoms with van der Waals surface area (Å²) >= 11 is 0. The molecule has 94 valence electrons. The summed E-state index contributed by atoms with van der Waals surface area (Å²) in [6.45, 7) is 6.12. The highest BCUT2D eigenvalue weighted by Crippen LogP contribution is 2.11. The van der Waals surface area contributed by atoms with Gasteiger partial charge < -0.3 is 10.6 Å². The van der Waals surface area contributed by atoms with Gasteiger partial charge in [-0.05, 0) is 31.4 Å². The van der Waals surface area contributed by atoms with Crippen LogP contribution in [0.3, 0.4) is 0 Å². The zero-order valence-electron chi connectivity index (χ0n) is 10.8. The number of rotatable bonds is 5. The number of pyridine rings is 1. The number of nitrogens with one attached hydrogen (secondary N) is 2. The van der Waals surface area contributed by atoms with E-state index in [1.165, 1.54) is 0 Å². The third-order valence-electron chi connectivity index (χ3n) is 2.73. The number of nitrogens with zero attached hydrogens (tertiary/aromatic N) is 1. The predicted octanol–water partition coefficient (Wildman–Crippen LogP) is 3.09. The standard InChI is InChI=1S/C13H21N3O/c1-4-6-11(5-2)15-13(17)16-12-7-8-14-9-10(12)3/h7-9,11H,4-6H2,1-3H3,(H2,14,15,16,17)/t11-/m1/s1. The monoisotopic (exact) mass is 235 g/mol. The topological polar surface area (TPSA) is 54.0 Å². The van der Waals surface area contributed by atoms with Gasteiger partial charge in [0.2, 0.25) is 0 Å². The summed E-state index contributed by atoms with van der Waals surface area (Å²) in [4.78, 5) is 15.8. The number of hydrogen-bond acceptors (Lipinski definition) is 2. The van der Waals surface area contributed by atoms with Gasteiger partial charge in [0.25, 0.3) is 0 Å².